The van der Waals surface area contributed by atoms with Crippen LogP contribution in [0.2, 0.25) is 0 Å². The predicted octanol–water partition coefficient (Wildman–Crippen LogP) is 4.16. The van der Waals surface area contributed by atoms with Gasteiger partial charge in [-0.3, -0.25) is 0 Å². The average molecular weight is 259 g/mol. The lowest BCUT2D eigenvalue weighted by Gasteiger charge is -2.08. The summed E-state index contributed by atoms with van der Waals surface area (Å²) in [6.45, 7) is 1.88. The summed E-state index contributed by atoms with van der Waals surface area (Å²) < 4.78 is 0. The first-order valence-electron chi connectivity index (χ1n) is 6.39. The van der Waals surface area contributed by atoms with Gasteiger partial charge in [-0.2, -0.15) is 5.26 Å². The molecule has 2 aromatic carbocycles. The molecule has 0 radical (unpaired) electrons. The molecule has 3 nitrogen and oxygen atoms in total. The van der Waals surface area contributed by atoms with Gasteiger partial charge in [-0.05, 0) is 42.0 Å². The van der Waals surface area contributed by atoms with Crippen molar-refractivity contribution >= 4 is 22.3 Å². The molecule has 0 bridgehead atoms. The lowest BCUT2D eigenvalue weighted by atomic mass is 10.1. The molecular weight excluding hydrogens is 246 g/mol. The minimum Gasteiger partial charge on any atom is -0.340 e. The van der Waals surface area contributed by atoms with Crippen molar-refractivity contribution in [3.05, 3.63) is 65.9 Å². The Morgan fingerprint density at radius 1 is 1.00 bits per heavy atom. The number of fused-ring (bicyclic) bond motifs is 1. The number of aromatic nitrogens is 1. The van der Waals surface area contributed by atoms with Crippen LogP contribution in [0.1, 0.15) is 11.3 Å². The number of benzene rings is 2. The molecule has 0 saturated carbocycles. The van der Waals surface area contributed by atoms with Crippen molar-refractivity contribution in [3.8, 4) is 6.07 Å². The number of nitriles is 1. The number of nitrogens with one attached hydrogen (secondary N) is 1. The van der Waals surface area contributed by atoms with Gasteiger partial charge in [0.05, 0.1) is 11.6 Å². The molecule has 0 saturated heterocycles. The number of hydrogen-bond donors (Lipinski definition) is 1. The average Bonchev–Trinajstić information content (AvgIpc) is 2.46. The van der Waals surface area contributed by atoms with Crippen molar-refractivity contribution in [1.29, 1.82) is 5.26 Å². The topological polar surface area (TPSA) is 48.7 Å². The zero-order chi connectivity index (χ0) is 13.9. The van der Waals surface area contributed by atoms with Crippen LogP contribution >= 0.6 is 0 Å². The fraction of sp³-hybridized carbons (Fsp3) is 0.0588. The zero-order valence-electron chi connectivity index (χ0n) is 11.1. The SMILES string of the molecule is Cc1cc(C#N)cc(Nc2ccc3ccccc3c2)n1. The highest BCUT2D eigenvalue weighted by Crippen LogP contribution is 2.22. The Bertz CT molecular complexity index is 816. The molecular formula is C17H13N3. The molecule has 3 aromatic rings. The van der Waals surface area contributed by atoms with Crippen molar-refractivity contribution in [1.82, 2.24) is 4.98 Å². The summed E-state index contributed by atoms with van der Waals surface area (Å²) in [4.78, 5) is 4.39. The van der Waals surface area contributed by atoms with Crippen LogP contribution in [0.4, 0.5) is 11.5 Å². The van der Waals surface area contributed by atoms with Crippen LogP contribution in [0.5, 0.6) is 0 Å². The molecule has 1 N–H and O–H groups in total. The Labute approximate surface area is 117 Å². The molecule has 0 aliphatic carbocycles. The molecule has 0 unspecified atom stereocenters. The lowest BCUT2D eigenvalue weighted by Crippen LogP contribution is -1.96. The normalized spacial score (nSPS) is 10.2. The fourth-order valence-electron chi connectivity index (χ4n) is 2.21. The number of nitrogens with zero attached hydrogens (tertiary/aromatic N) is 2. The summed E-state index contributed by atoms with van der Waals surface area (Å²) in [5.41, 5.74) is 2.40. The third-order valence-corrected chi connectivity index (χ3v) is 3.10. The van der Waals surface area contributed by atoms with Gasteiger partial charge in [0.1, 0.15) is 5.82 Å². The molecule has 0 aliphatic heterocycles. The van der Waals surface area contributed by atoms with Gasteiger partial charge in [0, 0.05) is 11.4 Å². The van der Waals surface area contributed by atoms with Crippen molar-refractivity contribution in [3.63, 3.8) is 0 Å². The highest BCUT2D eigenvalue weighted by Gasteiger charge is 2.01. The number of anilines is 2. The molecule has 0 spiro atoms. The second-order valence-corrected chi connectivity index (χ2v) is 4.68. The minimum atomic E-state index is 0.612. The van der Waals surface area contributed by atoms with Crippen molar-refractivity contribution < 1.29 is 0 Å². The summed E-state index contributed by atoms with van der Waals surface area (Å²) in [5, 5.41) is 14.6. The summed E-state index contributed by atoms with van der Waals surface area (Å²) in [5.74, 6) is 0.692. The van der Waals surface area contributed by atoms with Crippen LogP contribution in [0.15, 0.2) is 54.6 Å². The molecule has 20 heavy (non-hydrogen) atoms. The van der Waals surface area contributed by atoms with Gasteiger partial charge in [0.15, 0.2) is 0 Å². The number of hydrogen-bond acceptors (Lipinski definition) is 3. The van der Waals surface area contributed by atoms with E-state index in [1.54, 1.807) is 12.1 Å². The summed E-state index contributed by atoms with van der Waals surface area (Å²) in [6.07, 6.45) is 0. The predicted molar refractivity (Wildman–Crippen MR) is 80.9 cm³/mol. The lowest BCUT2D eigenvalue weighted by molar-refractivity contribution is 1.19. The molecule has 1 aromatic heterocycles. The van der Waals surface area contributed by atoms with Gasteiger partial charge in [-0.25, -0.2) is 4.98 Å². The summed E-state index contributed by atoms with van der Waals surface area (Å²) in [7, 11) is 0. The number of rotatable bonds is 2. The Hall–Kier alpha value is -2.86. The molecule has 1 heterocycles. The van der Waals surface area contributed by atoms with Crippen LogP contribution in [0.25, 0.3) is 10.8 Å². The van der Waals surface area contributed by atoms with Crippen molar-refractivity contribution in [2.24, 2.45) is 0 Å². The van der Waals surface area contributed by atoms with E-state index in [0.29, 0.717) is 11.4 Å². The van der Waals surface area contributed by atoms with E-state index in [2.05, 4.69) is 40.6 Å². The van der Waals surface area contributed by atoms with E-state index >= 15 is 0 Å². The molecule has 0 amide bonds. The molecule has 0 aliphatic rings. The Balaban J connectivity index is 1.97. The van der Waals surface area contributed by atoms with Crippen molar-refractivity contribution in [2.75, 3.05) is 5.32 Å². The third kappa shape index (κ3) is 2.45. The Morgan fingerprint density at radius 3 is 2.60 bits per heavy atom. The standard InChI is InChI=1S/C17H13N3/c1-12-8-13(11-18)9-17(19-12)20-16-7-6-14-4-2-3-5-15(14)10-16/h2-10H,1H3,(H,19,20). The van der Waals surface area contributed by atoms with E-state index in [0.717, 1.165) is 11.4 Å². The van der Waals surface area contributed by atoms with Crippen LogP contribution < -0.4 is 5.32 Å². The van der Waals surface area contributed by atoms with Gasteiger partial charge >= 0.3 is 0 Å². The third-order valence-electron chi connectivity index (χ3n) is 3.10. The molecule has 0 atom stereocenters. The first kappa shape index (κ1) is 12.2. The largest absolute Gasteiger partial charge is 0.340 e. The number of aryl methyl sites for hydroxylation is 1. The molecule has 3 heteroatoms. The van der Waals surface area contributed by atoms with Crippen LogP contribution in [-0.2, 0) is 0 Å². The number of pyridine rings is 1. The van der Waals surface area contributed by atoms with Crippen LogP contribution in [0.3, 0.4) is 0 Å². The van der Waals surface area contributed by atoms with Gasteiger partial charge in [0.25, 0.3) is 0 Å². The second kappa shape index (κ2) is 5.02. The zero-order valence-corrected chi connectivity index (χ0v) is 11.1. The Kier molecular flexibility index (Phi) is 3.06. The van der Waals surface area contributed by atoms with Gasteiger partial charge in [-0.15, -0.1) is 0 Å². The first-order valence-corrected chi connectivity index (χ1v) is 6.39. The maximum absolute atomic E-state index is 8.99. The van der Waals surface area contributed by atoms with E-state index in [-0.39, 0.29) is 0 Å². The maximum Gasteiger partial charge on any atom is 0.131 e. The van der Waals surface area contributed by atoms with Crippen LogP contribution in [-0.4, -0.2) is 4.98 Å². The maximum atomic E-state index is 8.99. The van der Waals surface area contributed by atoms with E-state index in [4.69, 9.17) is 5.26 Å². The van der Waals surface area contributed by atoms with E-state index < -0.39 is 0 Å². The van der Waals surface area contributed by atoms with Gasteiger partial charge in [-0.1, -0.05) is 30.3 Å². The van der Waals surface area contributed by atoms with Crippen molar-refractivity contribution in [2.45, 2.75) is 6.92 Å². The van der Waals surface area contributed by atoms with E-state index in [9.17, 15) is 0 Å². The smallest absolute Gasteiger partial charge is 0.131 e. The van der Waals surface area contributed by atoms with E-state index in [1.165, 1.54) is 10.8 Å². The molecule has 3 rings (SSSR count). The summed E-state index contributed by atoms with van der Waals surface area (Å²) >= 11 is 0. The minimum absolute atomic E-state index is 0.612. The molecule has 0 fully saturated rings. The van der Waals surface area contributed by atoms with Crippen LogP contribution in [0, 0.1) is 18.3 Å². The summed E-state index contributed by atoms with van der Waals surface area (Å²) in [6, 6.07) is 20.0. The highest BCUT2D eigenvalue weighted by atomic mass is 15.0. The molecule has 96 valence electrons. The van der Waals surface area contributed by atoms with Gasteiger partial charge in [0.2, 0.25) is 0 Å². The second-order valence-electron chi connectivity index (χ2n) is 4.68. The quantitative estimate of drug-likeness (QED) is 0.751. The fourth-order valence-corrected chi connectivity index (χ4v) is 2.21. The Morgan fingerprint density at radius 2 is 1.80 bits per heavy atom. The first-order chi connectivity index (χ1) is 9.74. The van der Waals surface area contributed by atoms with Gasteiger partial charge < -0.3 is 5.32 Å². The van der Waals surface area contributed by atoms with E-state index in [1.807, 2.05) is 25.1 Å². The monoisotopic (exact) mass is 259 g/mol. The highest BCUT2D eigenvalue weighted by molar-refractivity contribution is 5.86.